The number of benzene rings is 1. The number of carbonyl (C=O) groups excluding carboxylic acids is 1. The molecule has 2 rings (SSSR count). The van der Waals surface area contributed by atoms with Crippen molar-refractivity contribution in [2.45, 2.75) is 44.6 Å². The summed E-state index contributed by atoms with van der Waals surface area (Å²) in [6, 6.07) is 5.56. The van der Waals surface area contributed by atoms with E-state index in [1.165, 1.54) is 0 Å². The van der Waals surface area contributed by atoms with E-state index >= 15 is 0 Å². The van der Waals surface area contributed by atoms with Gasteiger partial charge in [-0.15, -0.1) is 0 Å². The molecule has 1 saturated carbocycles. The quantitative estimate of drug-likeness (QED) is 0.912. The van der Waals surface area contributed by atoms with E-state index in [0.717, 1.165) is 28.6 Å². The fourth-order valence-electron chi connectivity index (χ4n) is 2.67. The number of ketones is 1. The Hall–Kier alpha value is -0.870. The zero-order chi connectivity index (χ0) is 14.8. The van der Waals surface area contributed by atoms with Crippen LogP contribution in [-0.4, -0.2) is 23.6 Å². The third-order valence-corrected chi connectivity index (χ3v) is 5.00. The minimum absolute atomic E-state index is 0.0849. The van der Waals surface area contributed by atoms with E-state index in [2.05, 4.69) is 22.9 Å². The Morgan fingerprint density at radius 1 is 1.45 bits per heavy atom. The fraction of sp³-hybridized carbons (Fsp3) is 0.562. The van der Waals surface area contributed by atoms with Crippen LogP contribution in [0.4, 0.5) is 0 Å². The molecule has 0 bridgehead atoms. The van der Waals surface area contributed by atoms with Crippen LogP contribution in [0.5, 0.6) is 5.75 Å². The number of rotatable bonds is 4. The second-order valence-electron chi connectivity index (χ2n) is 5.77. The number of carbonyl (C=O) groups is 1. The topological polar surface area (TPSA) is 46.5 Å². The molecule has 0 spiro atoms. The molecule has 0 atom stereocenters. The van der Waals surface area contributed by atoms with Gasteiger partial charge in [0.15, 0.2) is 5.78 Å². The molecule has 0 aliphatic heterocycles. The molecule has 20 heavy (non-hydrogen) atoms. The summed E-state index contributed by atoms with van der Waals surface area (Å²) in [7, 11) is 1.60. The molecule has 1 aromatic rings. The smallest absolute Gasteiger partial charge is 0.168 e. The van der Waals surface area contributed by atoms with Gasteiger partial charge in [0, 0.05) is 10.9 Å². The van der Waals surface area contributed by atoms with E-state index in [1.54, 1.807) is 7.11 Å². The highest BCUT2D eigenvalue weighted by molar-refractivity contribution is 9.10. The van der Waals surface area contributed by atoms with Crippen LogP contribution in [0.3, 0.4) is 0 Å². The maximum Gasteiger partial charge on any atom is 0.168 e. The minimum atomic E-state index is -1.14. The highest BCUT2D eigenvalue weighted by atomic mass is 79.9. The first-order chi connectivity index (χ1) is 9.44. The van der Waals surface area contributed by atoms with Gasteiger partial charge in [-0.3, -0.25) is 4.79 Å². The molecule has 110 valence electrons. The molecular formula is C16H21BrO3. The van der Waals surface area contributed by atoms with Crippen LogP contribution in [0, 0.1) is 5.92 Å². The SMILES string of the molecule is COc1ccc(Br)c(CC(=O)C2(O)CCC(C)CC2)c1. The van der Waals surface area contributed by atoms with Crippen molar-refractivity contribution in [3.63, 3.8) is 0 Å². The first-order valence-corrected chi connectivity index (χ1v) is 7.82. The molecule has 0 aromatic heterocycles. The lowest BCUT2D eigenvalue weighted by molar-refractivity contribution is -0.140. The largest absolute Gasteiger partial charge is 0.497 e. The number of methoxy groups -OCH3 is 1. The van der Waals surface area contributed by atoms with E-state index in [9.17, 15) is 9.90 Å². The second-order valence-corrected chi connectivity index (χ2v) is 6.63. The van der Waals surface area contributed by atoms with Crippen molar-refractivity contribution in [1.82, 2.24) is 0 Å². The molecule has 1 aromatic carbocycles. The number of aliphatic hydroxyl groups is 1. The zero-order valence-electron chi connectivity index (χ0n) is 12.0. The summed E-state index contributed by atoms with van der Waals surface area (Å²) in [4.78, 5) is 12.4. The van der Waals surface area contributed by atoms with E-state index in [0.29, 0.717) is 18.8 Å². The third-order valence-electron chi connectivity index (χ3n) is 4.22. The Balaban J connectivity index is 2.11. The lowest BCUT2D eigenvalue weighted by Gasteiger charge is -2.33. The van der Waals surface area contributed by atoms with Gasteiger partial charge < -0.3 is 9.84 Å². The van der Waals surface area contributed by atoms with Crippen molar-refractivity contribution in [1.29, 1.82) is 0 Å². The molecule has 0 unspecified atom stereocenters. The lowest BCUT2D eigenvalue weighted by Crippen LogP contribution is -2.42. The van der Waals surface area contributed by atoms with Crippen molar-refractivity contribution in [3.05, 3.63) is 28.2 Å². The maximum atomic E-state index is 12.4. The molecule has 1 fully saturated rings. The van der Waals surface area contributed by atoms with Crippen molar-refractivity contribution in [2.75, 3.05) is 7.11 Å². The van der Waals surface area contributed by atoms with Crippen LogP contribution in [0.15, 0.2) is 22.7 Å². The monoisotopic (exact) mass is 340 g/mol. The van der Waals surface area contributed by atoms with Crippen LogP contribution < -0.4 is 4.74 Å². The van der Waals surface area contributed by atoms with Crippen LogP contribution >= 0.6 is 15.9 Å². The van der Waals surface area contributed by atoms with Gasteiger partial charge in [-0.05, 0) is 55.4 Å². The van der Waals surface area contributed by atoms with Gasteiger partial charge in [0.05, 0.1) is 7.11 Å². The van der Waals surface area contributed by atoms with E-state index in [-0.39, 0.29) is 12.2 Å². The Kier molecular flexibility index (Phi) is 4.86. The van der Waals surface area contributed by atoms with Gasteiger partial charge in [-0.1, -0.05) is 22.9 Å². The first-order valence-electron chi connectivity index (χ1n) is 7.03. The number of halogens is 1. The predicted octanol–water partition coefficient (Wildman–Crippen LogP) is 3.51. The molecule has 0 amide bonds. The fourth-order valence-corrected chi connectivity index (χ4v) is 3.06. The van der Waals surface area contributed by atoms with Gasteiger partial charge in [0.1, 0.15) is 11.4 Å². The second kappa shape index (κ2) is 6.27. The molecule has 0 heterocycles. The van der Waals surface area contributed by atoms with Crippen molar-refractivity contribution < 1.29 is 14.6 Å². The molecule has 1 aliphatic carbocycles. The molecule has 0 saturated heterocycles. The standard InChI is InChI=1S/C16H21BrO3/c1-11-5-7-16(19,8-6-11)15(18)10-12-9-13(20-2)3-4-14(12)17/h3-4,9,11,19H,5-8,10H2,1-2H3. The number of hydrogen-bond acceptors (Lipinski definition) is 3. The Morgan fingerprint density at radius 3 is 2.70 bits per heavy atom. The van der Waals surface area contributed by atoms with Gasteiger partial charge >= 0.3 is 0 Å². The van der Waals surface area contributed by atoms with Crippen LogP contribution in [-0.2, 0) is 11.2 Å². The van der Waals surface area contributed by atoms with E-state index in [4.69, 9.17) is 4.74 Å². The molecule has 4 heteroatoms. The summed E-state index contributed by atoms with van der Waals surface area (Å²) >= 11 is 3.45. The normalized spacial score (nSPS) is 26.3. The zero-order valence-corrected chi connectivity index (χ0v) is 13.6. The van der Waals surface area contributed by atoms with Gasteiger partial charge in [-0.2, -0.15) is 0 Å². The molecular weight excluding hydrogens is 320 g/mol. The molecule has 1 N–H and O–H groups in total. The molecule has 1 aliphatic rings. The average Bonchev–Trinajstić information content (AvgIpc) is 2.44. The maximum absolute atomic E-state index is 12.4. The summed E-state index contributed by atoms with van der Waals surface area (Å²) in [5.41, 5.74) is -0.281. The first kappa shape index (κ1) is 15.5. The third kappa shape index (κ3) is 3.41. The Labute approximate surface area is 128 Å². The number of ether oxygens (including phenoxy) is 1. The highest BCUT2D eigenvalue weighted by Crippen LogP contribution is 2.34. The van der Waals surface area contributed by atoms with Gasteiger partial charge in [0.2, 0.25) is 0 Å². The average molecular weight is 341 g/mol. The van der Waals surface area contributed by atoms with Crippen molar-refractivity contribution in [2.24, 2.45) is 5.92 Å². The van der Waals surface area contributed by atoms with E-state index < -0.39 is 5.60 Å². The molecule has 3 nitrogen and oxygen atoms in total. The minimum Gasteiger partial charge on any atom is -0.497 e. The highest BCUT2D eigenvalue weighted by Gasteiger charge is 2.38. The van der Waals surface area contributed by atoms with E-state index in [1.807, 2.05) is 18.2 Å². The summed E-state index contributed by atoms with van der Waals surface area (Å²) in [6.45, 7) is 2.17. The van der Waals surface area contributed by atoms with Crippen LogP contribution in [0.25, 0.3) is 0 Å². The Morgan fingerprint density at radius 2 is 2.10 bits per heavy atom. The van der Waals surface area contributed by atoms with Crippen LogP contribution in [0.1, 0.15) is 38.2 Å². The summed E-state index contributed by atoms with van der Waals surface area (Å²) in [5, 5.41) is 10.5. The summed E-state index contributed by atoms with van der Waals surface area (Å²) in [5.74, 6) is 1.24. The number of Topliss-reactive ketones (excluding diaryl/α,β-unsaturated/α-hetero) is 1. The lowest BCUT2D eigenvalue weighted by atomic mass is 9.76. The van der Waals surface area contributed by atoms with Gasteiger partial charge in [0.25, 0.3) is 0 Å². The van der Waals surface area contributed by atoms with Crippen LogP contribution in [0.2, 0.25) is 0 Å². The summed E-state index contributed by atoms with van der Waals surface area (Å²) < 4.78 is 6.06. The summed E-state index contributed by atoms with van der Waals surface area (Å²) in [6.07, 6.45) is 3.23. The van der Waals surface area contributed by atoms with Crippen molar-refractivity contribution >= 4 is 21.7 Å². The number of hydrogen-bond donors (Lipinski definition) is 1. The predicted molar refractivity (Wildman–Crippen MR) is 82.0 cm³/mol. The van der Waals surface area contributed by atoms with Crippen molar-refractivity contribution in [3.8, 4) is 5.75 Å². The Bertz CT molecular complexity index is 490. The van der Waals surface area contributed by atoms with Gasteiger partial charge in [-0.25, -0.2) is 0 Å². The molecule has 0 radical (unpaired) electrons.